The van der Waals surface area contributed by atoms with Crippen molar-refractivity contribution in [3.8, 4) is 0 Å². The molecule has 0 radical (unpaired) electrons. The van der Waals surface area contributed by atoms with Crippen LogP contribution in [0, 0.1) is 0 Å². The van der Waals surface area contributed by atoms with Crippen molar-refractivity contribution in [3.63, 3.8) is 0 Å². The Bertz CT molecular complexity index is 2400. The fraction of sp³-hybridized carbons (Fsp3) is 0.684. The minimum absolute atomic E-state index is 0. The molecule has 0 unspecified atom stereocenters. The zero-order valence-corrected chi connectivity index (χ0v) is 62.1. The Morgan fingerprint density at radius 2 is 0.473 bits per heavy atom. The van der Waals surface area contributed by atoms with Gasteiger partial charge in [-0.3, -0.25) is 0 Å². The minimum Gasteiger partial charge on any atom is -0.744 e. The summed E-state index contributed by atoms with van der Waals surface area (Å²) < 4.78 is 90.9. The van der Waals surface area contributed by atoms with Gasteiger partial charge in [0.25, 0.3) is 0 Å². The number of unbranched alkanes of at least 4 members (excludes halogenated alkanes) is 36. The Kier molecular flexibility index (Phi) is 59.5. The fourth-order valence-corrected chi connectivity index (χ4v) is 11.3. The van der Waals surface area contributed by atoms with Crippen molar-refractivity contribution in [2.75, 3.05) is 26.4 Å². The molecule has 0 fully saturated rings. The number of ether oxygens (including phenoxy) is 4. The summed E-state index contributed by atoms with van der Waals surface area (Å²) in [5, 5.41) is 0. The van der Waals surface area contributed by atoms with Crippen LogP contribution in [0.15, 0.2) is 94.8 Å². The van der Waals surface area contributed by atoms with Gasteiger partial charge in [0.2, 0.25) is 0 Å². The molecule has 0 aliphatic rings. The van der Waals surface area contributed by atoms with Gasteiger partial charge in [-0.2, -0.15) is 0 Å². The van der Waals surface area contributed by atoms with Gasteiger partial charge in [-0.25, -0.2) is 36.0 Å². The van der Waals surface area contributed by atoms with E-state index < -0.39 is 53.9 Å². The summed E-state index contributed by atoms with van der Waals surface area (Å²) in [4.78, 5) is 50.0. The van der Waals surface area contributed by atoms with Gasteiger partial charge in [0, 0.05) is 0 Å². The molecule has 0 bridgehead atoms. The number of esters is 4. The first-order valence-corrected chi connectivity index (χ1v) is 38.9. The molecule has 2 rings (SSSR count). The number of rotatable bonds is 58. The number of hydrogen-bond donors (Lipinski definition) is 0. The Morgan fingerprint density at radius 3 is 0.677 bits per heavy atom. The maximum Gasteiger partial charge on any atom is 2.00 e. The molecule has 0 heterocycles. The zero-order chi connectivity index (χ0) is 67.4. The Hall–Kier alpha value is -3.64. The Morgan fingerprint density at radius 1 is 0.290 bits per heavy atom. The molecule has 2 aromatic carbocycles. The van der Waals surface area contributed by atoms with Crippen LogP contribution in [0.5, 0.6) is 0 Å². The molecular formula is C76H122CaO14S2. The van der Waals surface area contributed by atoms with Gasteiger partial charge in [0.1, 0.15) is 20.2 Å². The molecular weight excluding hydrogens is 1240 g/mol. The monoisotopic (exact) mass is 1360 g/mol. The van der Waals surface area contributed by atoms with Gasteiger partial charge in [-0.05, 0) is 190 Å². The van der Waals surface area contributed by atoms with Crippen LogP contribution in [0.1, 0.15) is 352 Å². The second-order valence-electron chi connectivity index (χ2n) is 24.4. The van der Waals surface area contributed by atoms with Crippen LogP contribution in [-0.2, 0) is 39.2 Å². The number of allylic oxidation sites excluding steroid dienone is 8. The molecule has 0 spiro atoms. The minimum atomic E-state index is -4.82. The van der Waals surface area contributed by atoms with Crippen molar-refractivity contribution in [2.24, 2.45) is 0 Å². The summed E-state index contributed by atoms with van der Waals surface area (Å²) in [7, 11) is -9.63. The normalized spacial score (nSPS) is 11.8. The second-order valence-corrected chi connectivity index (χ2v) is 27.1. The number of carbonyl (C=O) groups is 4. The molecule has 2 aromatic rings. The summed E-state index contributed by atoms with van der Waals surface area (Å²) in [6.45, 7) is 9.55. The Balaban J connectivity index is 0.00000180. The molecule has 93 heavy (non-hydrogen) atoms. The van der Waals surface area contributed by atoms with Gasteiger partial charge >= 0.3 is 61.6 Å². The summed E-state index contributed by atoms with van der Waals surface area (Å²) in [6.07, 6.45) is 67.5. The average Bonchev–Trinajstić information content (AvgIpc) is 0.860. The molecule has 524 valence electrons. The predicted molar refractivity (Wildman–Crippen MR) is 378 cm³/mol. The molecule has 0 aliphatic heterocycles. The van der Waals surface area contributed by atoms with Crippen molar-refractivity contribution < 1.29 is 64.1 Å². The van der Waals surface area contributed by atoms with Crippen LogP contribution in [0.25, 0.3) is 0 Å². The Labute approximate surface area is 595 Å². The van der Waals surface area contributed by atoms with Crippen molar-refractivity contribution >= 4 is 81.9 Å². The van der Waals surface area contributed by atoms with Crippen molar-refractivity contribution in [2.45, 2.75) is 320 Å². The standard InChI is InChI=1S/2C38H62O7S.Ca/c2*1-3-5-7-9-11-13-15-17-19-21-23-25-27-31-44-37(39)35-30-29-34(46(41,42)43)33-36(35)38(40)45-32-28-26-24-22-20-18-16-14-12-10-8-6-4-2;/h2*17-20,29-30,33H,3-16,21-28,31-32H2,1-2H3,(H,41,42,43);/q;;+2/p-2/b2*19-17+,20-18+;. The maximum atomic E-state index is 12.8. The number of benzene rings is 2. The zero-order valence-electron chi connectivity index (χ0n) is 58.3. The molecule has 0 aromatic heterocycles. The first-order valence-electron chi connectivity index (χ1n) is 36.1. The van der Waals surface area contributed by atoms with E-state index in [4.69, 9.17) is 18.9 Å². The third-order valence-electron chi connectivity index (χ3n) is 16.0. The van der Waals surface area contributed by atoms with Gasteiger partial charge in [-0.1, -0.05) is 205 Å². The van der Waals surface area contributed by atoms with Crippen LogP contribution in [-0.4, -0.2) is 114 Å². The fourth-order valence-electron chi connectivity index (χ4n) is 10.3. The van der Waals surface area contributed by atoms with E-state index in [1.165, 1.54) is 154 Å². The van der Waals surface area contributed by atoms with E-state index in [1.54, 1.807) is 0 Å². The molecule has 0 N–H and O–H groups in total. The SMILES string of the molecule is CCCCCCCC/C=C/CCCCCOC(=O)c1ccc(S(=O)(=O)[O-])cc1C(=O)OCCCCC/C=C/CCCCCCCC.CCCCCCCC/C=C/CCCCCOC(=O)c1ccc(S(=O)(=O)[O-])cc1C(=O)OCCCCC/C=C/CCCCCCCC.[Ca+2]. The van der Waals surface area contributed by atoms with E-state index in [2.05, 4.69) is 76.3 Å². The van der Waals surface area contributed by atoms with E-state index in [1.807, 2.05) is 0 Å². The predicted octanol–water partition coefficient (Wildman–Crippen LogP) is 20.9. The van der Waals surface area contributed by atoms with Gasteiger partial charge in [-0.15, -0.1) is 0 Å². The van der Waals surface area contributed by atoms with Gasteiger partial charge in [0.05, 0.1) is 58.5 Å². The van der Waals surface area contributed by atoms with Crippen LogP contribution >= 0.6 is 0 Å². The molecule has 0 aliphatic carbocycles. The van der Waals surface area contributed by atoms with E-state index in [-0.39, 0.29) is 86.4 Å². The summed E-state index contributed by atoms with van der Waals surface area (Å²) in [5.41, 5.74) is -0.749. The molecule has 14 nitrogen and oxygen atoms in total. The third-order valence-corrected chi connectivity index (χ3v) is 17.7. The summed E-state index contributed by atoms with van der Waals surface area (Å²) in [6, 6.07) is 6.16. The summed E-state index contributed by atoms with van der Waals surface area (Å²) >= 11 is 0. The summed E-state index contributed by atoms with van der Waals surface area (Å²) in [5.74, 6) is -3.17. The van der Waals surface area contributed by atoms with E-state index in [0.29, 0.717) is 25.7 Å². The van der Waals surface area contributed by atoms with Crippen LogP contribution < -0.4 is 0 Å². The first-order chi connectivity index (χ1) is 44.6. The van der Waals surface area contributed by atoms with Crippen molar-refractivity contribution in [1.82, 2.24) is 0 Å². The largest absolute Gasteiger partial charge is 2.00 e. The van der Waals surface area contributed by atoms with Gasteiger partial charge < -0.3 is 28.1 Å². The van der Waals surface area contributed by atoms with E-state index in [0.717, 1.165) is 139 Å². The molecule has 17 heteroatoms. The molecule has 0 atom stereocenters. The second kappa shape index (κ2) is 61.9. The quantitative estimate of drug-likeness (QED) is 0.0150. The topological polar surface area (TPSA) is 220 Å². The molecule has 0 saturated heterocycles. The first kappa shape index (κ1) is 89.4. The van der Waals surface area contributed by atoms with Crippen LogP contribution in [0.3, 0.4) is 0 Å². The van der Waals surface area contributed by atoms with E-state index >= 15 is 0 Å². The third kappa shape index (κ3) is 50.4. The van der Waals surface area contributed by atoms with Gasteiger partial charge in [0.15, 0.2) is 0 Å². The number of carbonyl (C=O) groups excluding carboxylic acids is 4. The van der Waals surface area contributed by atoms with Crippen molar-refractivity contribution in [1.29, 1.82) is 0 Å². The average molecular weight is 1360 g/mol. The van der Waals surface area contributed by atoms with Crippen LogP contribution in [0.2, 0.25) is 0 Å². The number of hydrogen-bond acceptors (Lipinski definition) is 14. The van der Waals surface area contributed by atoms with Crippen LogP contribution in [0.4, 0.5) is 0 Å². The molecule has 0 saturated carbocycles. The van der Waals surface area contributed by atoms with E-state index in [9.17, 15) is 45.1 Å². The smallest absolute Gasteiger partial charge is 0.744 e. The maximum absolute atomic E-state index is 12.8. The molecule has 0 amide bonds. The van der Waals surface area contributed by atoms with Crippen molar-refractivity contribution in [3.05, 3.63) is 107 Å².